The van der Waals surface area contributed by atoms with Crippen LogP contribution in [0.25, 0.3) is 0 Å². The Morgan fingerprint density at radius 3 is 2.62 bits per heavy atom. The van der Waals surface area contributed by atoms with Crippen LogP contribution in [0.1, 0.15) is 5.56 Å². The Bertz CT molecular complexity index is 173. The molecule has 2 nitrogen and oxygen atoms in total. The lowest BCUT2D eigenvalue weighted by molar-refractivity contribution is 0.760. The molecule has 1 heterocycles. The van der Waals surface area contributed by atoms with Gasteiger partial charge in [0.25, 0.3) is 0 Å². The van der Waals surface area contributed by atoms with Crippen molar-refractivity contribution in [2.24, 2.45) is 7.05 Å². The van der Waals surface area contributed by atoms with Crippen molar-refractivity contribution in [1.82, 2.24) is 9.78 Å². The maximum atomic E-state index is 3.98. The number of halogens is 1. The fourth-order valence-electron chi connectivity index (χ4n) is 0.510. The van der Waals surface area contributed by atoms with Crippen molar-refractivity contribution in [1.29, 1.82) is 0 Å². The lowest BCUT2D eigenvalue weighted by Gasteiger charge is -1.78. The van der Waals surface area contributed by atoms with Gasteiger partial charge >= 0.3 is 0 Å². The molecule has 1 rings (SSSR count). The first-order chi connectivity index (χ1) is 3.70. The molecule has 1 aromatic heterocycles. The van der Waals surface area contributed by atoms with Crippen molar-refractivity contribution in [3.8, 4) is 0 Å². The van der Waals surface area contributed by atoms with Crippen LogP contribution >= 0.6 is 15.9 Å². The minimum absolute atomic E-state index is 0.819. The van der Waals surface area contributed by atoms with Crippen molar-refractivity contribution in [3.63, 3.8) is 0 Å². The van der Waals surface area contributed by atoms with Crippen LogP contribution < -0.4 is 0 Å². The first kappa shape index (κ1) is 5.82. The highest BCUT2D eigenvalue weighted by Gasteiger charge is 1.95. The number of aryl methyl sites for hydroxylation is 1. The second kappa shape index (κ2) is 1.90. The van der Waals surface area contributed by atoms with Crippen LogP contribution in [0.3, 0.4) is 0 Å². The van der Waals surface area contributed by atoms with Crippen molar-refractivity contribution in [2.45, 2.75) is 0 Å². The smallest absolute Gasteiger partial charge is 0.131 e. The van der Waals surface area contributed by atoms with Gasteiger partial charge in [0.05, 0.1) is 0 Å². The Morgan fingerprint density at radius 2 is 2.50 bits per heavy atom. The maximum Gasteiger partial charge on any atom is 0.131 e. The molecule has 0 N–H and O–H groups in total. The van der Waals surface area contributed by atoms with Crippen molar-refractivity contribution >= 4 is 15.9 Å². The highest BCUT2D eigenvalue weighted by Crippen LogP contribution is 2.10. The highest BCUT2D eigenvalue weighted by molar-refractivity contribution is 9.10. The minimum Gasteiger partial charge on any atom is -0.274 e. The molecule has 0 aromatic carbocycles. The summed E-state index contributed by atoms with van der Waals surface area (Å²) < 4.78 is 2.53. The average Bonchev–Trinajstić information content (AvgIpc) is 1.85. The molecule has 0 aliphatic rings. The molecule has 0 amide bonds. The number of nitrogens with zero attached hydrogens (tertiary/aromatic N) is 2. The predicted molar refractivity (Wildman–Crippen MR) is 35.4 cm³/mol. The number of rotatable bonds is 0. The van der Waals surface area contributed by atoms with Crippen molar-refractivity contribution in [2.75, 3.05) is 0 Å². The van der Waals surface area contributed by atoms with Crippen molar-refractivity contribution < 1.29 is 0 Å². The minimum atomic E-state index is 0.819. The number of aromatic nitrogens is 2. The van der Waals surface area contributed by atoms with Gasteiger partial charge < -0.3 is 0 Å². The molecule has 0 saturated carbocycles. The van der Waals surface area contributed by atoms with Crippen LogP contribution in [0, 0.1) is 6.92 Å². The van der Waals surface area contributed by atoms with Gasteiger partial charge in [0, 0.05) is 18.8 Å². The van der Waals surface area contributed by atoms with Crippen LogP contribution in [0.4, 0.5) is 0 Å². The van der Waals surface area contributed by atoms with E-state index < -0.39 is 0 Å². The van der Waals surface area contributed by atoms with E-state index >= 15 is 0 Å². The first-order valence-electron chi connectivity index (χ1n) is 2.21. The van der Waals surface area contributed by atoms with Gasteiger partial charge in [-0.05, 0) is 22.9 Å². The van der Waals surface area contributed by atoms with E-state index in [1.54, 1.807) is 4.68 Å². The summed E-state index contributed by atoms with van der Waals surface area (Å²) in [5, 5.41) is 3.98. The second-order valence-corrected chi connectivity index (χ2v) is 2.37. The Hall–Kier alpha value is -0.310. The molecule has 0 bridgehead atoms. The fourth-order valence-corrected chi connectivity index (χ4v) is 0.863. The molecule has 0 aliphatic carbocycles. The third kappa shape index (κ3) is 0.916. The van der Waals surface area contributed by atoms with Crippen LogP contribution in [-0.2, 0) is 7.05 Å². The Balaban J connectivity index is 3.14. The summed E-state index contributed by atoms with van der Waals surface area (Å²) in [4.78, 5) is 0. The third-order valence-electron chi connectivity index (χ3n) is 0.853. The summed E-state index contributed by atoms with van der Waals surface area (Å²) >= 11 is 3.22. The van der Waals surface area contributed by atoms with E-state index in [1.807, 2.05) is 13.2 Å². The monoisotopic (exact) mass is 173 g/mol. The van der Waals surface area contributed by atoms with Gasteiger partial charge in [0.15, 0.2) is 0 Å². The molecule has 1 aromatic rings. The molecular weight excluding hydrogens is 168 g/mol. The van der Waals surface area contributed by atoms with Gasteiger partial charge in [-0.3, -0.25) is 4.68 Å². The van der Waals surface area contributed by atoms with Gasteiger partial charge in [0.1, 0.15) is 4.60 Å². The van der Waals surface area contributed by atoms with Crippen LogP contribution in [0.15, 0.2) is 10.8 Å². The van der Waals surface area contributed by atoms with Crippen LogP contribution in [0.5, 0.6) is 0 Å². The van der Waals surface area contributed by atoms with E-state index in [2.05, 4.69) is 28.0 Å². The van der Waals surface area contributed by atoms with E-state index in [9.17, 15) is 0 Å². The molecule has 3 heteroatoms. The first-order valence-corrected chi connectivity index (χ1v) is 3.00. The van der Waals surface area contributed by atoms with E-state index in [4.69, 9.17) is 0 Å². The molecule has 8 heavy (non-hydrogen) atoms. The van der Waals surface area contributed by atoms with Crippen molar-refractivity contribution in [3.05, 3.63) is 23.3 Å². The number of hydrogen-bond acceptors (Lipinski definition) is 1. The Labute approximate surface area is 56.6 Å². The summed E-state index contributed by atoms with van der Waals surface area (Å²) in [5.74, 6) is 0. The molecular formula is C5H6BrN2. The van der Waals surface area contributed by atoms with E-state index in [-0.39, 0.29) is 0 Å². The van der Waals surface area contributed by atoms with Gasteiger partial charge in [-0.25, -0.2) is 0 Å². The lowest BCUT2D eigenvalue weighted by Crippen LogP contribution is -1.84. The summed E-state index contributed by atoms with van der Waals surface area (Å²) in [6.07, 6.45) is 1.85. The normalized spacial score (nSPS) is 9.88. The average molecular weight is 174 g/mol. The third-order valence-corrected chi connectivity index (χ3v) is 1.52. The molecule has 0 fully saturated rings. The van der Waals surface area contributed by atoms with Crippen LogP contribution in [0.2, 0.25) is 0 Å². The molecule has 0 aliphatic heterocycles. The maximum absolute atomic E-state index is 3.98. The van der Waals surface area contributed by atoms with Gasteiger partial charge in [-0.15, -0.1) is 0 Å². The zero-order chi connectivity index (χ0) is 6.15. The predicted octanol–water partition coefficient (Wildman–Crippen LogP) is 1.36. The summed E-state index contributed by atoms with van der Waals surface area (Å²) in [6, 6.07) is 0. The van der Waals surface area contributed by atoms with Gasteiger partial charge in [0.2, 0.25) is 0 Å². The summed E-state index contributed by atoms with van der Waals surface area (Å²) in [5.41, 5.74) is 0.924. The molecule has 0 atom stereocenters. The Morgan fingerprint density at radius 1 is 1.88 bits per heavy atom. The van der Waals surface area contributed by atoms with E-state index in [1.165, 1.54) is 0 Å². The Kier molecular flexibility index (Phi) is 1.38. The SMILES string of the molecule is [CH2]c1cn(C)nc1Br. The van der Waals surface area contributed by atoms with Gasteiger partial charge in [-0.1, -0.05) is 0 Å². The molecule has 0 unspecified atom stereocenters. The second-order valence-electron chi connectivity index (χ2n) is 1.62. The molecule has 43 valence electrons. The van der Waals surface area contributed by atoms with E-state index in [0.717, 1.165) is 10.2 Å². The fraction of sp³-hybridized carbons (Fsp3) is 0.200. The number of hydrogen-bond donors (Lipinski definition) is 0. The lowest BCUT2D eigenvalue weighted by atomic mass is 10.4. The quantitative estimate of drug-likeness (QED) is 0.580. The highest BCUT2D eigenvalue weighted by atomic mass is 79.9. The summed E-state index contributed by atoms with van der Waals surface area (Å²) in [7, 11) is 1.86. The standard InChI is InChI=1S/C5H6BrN2/c1-4-3-8(2)7-5(4)6/h3H,1H2,2H3. The van der Waals surface area contributed by atoms with Gasteiger partial charge in [-0.2, -0.15) is 5.10 Å². The largest absolute Gasteiger partial charge is 0.274 e. The summed E-state index contributed by atoms with van der Waals surface area (Å²) in [6.45, 7) is 3.71. The molecule has 0 saturated heterocycles. The topological polar surface area (TPSA) is 17.8 Å². The van der Waals surface area contributed by atoms with Crippen LogP contribution in [-0.4, -0.2) is 9.78 Å². The van der Waals surface area contributed by atoms with E-state index in [0.29, 0.717) is 0 Å². The molecule has 1 radical (unpaired) electrons. The zero-order valence-corrected chi connectivity index (χ0v) is 6.14. The zero-order valence-electron chi connectivity index (χ0n) is 4.56. The molecule has 0 spiro atoms.